The first-order valence-corrected chi connectivity index (χ1v) is 4.22. The fourth-order valence-corrected chi connectivity index (χ4v) is 1.95. The Hall–Kier alpha value is -0.570. The van der Waals surface area contributed by atoms with E-state index < -0.39 is 0 Å². The molecular formula is C8H13NO2. The Kier molecular flexibility index (Phi) is 1.42. The van der Waals surface area contributed by atoms with Gasteiger partial charge in [-0.2, -0.15) is 0 Å². The third kappa shape index (κ3) is 0.872. The van der Waals surface area contributed by atoms with Crippen LogP contribution in [-0.2, 0) is 9.53 Å². The van der Waals surface area contributed by atoms with Crippen LogP contribution in [-0.4, -0.2) is 24.7 Å². The number of nitrogens with one attached hydrogen (secondary N) is 1. The number of carbonyl (C=O) groups is 1. The van der Waals surface area contributed by atoms with Gasteiger partial charge in [-0.05, 0) is 32.2 Å². The second-order valence-electron chi connectivity index (χ2n) is 3.31. The minimum Gasteiger partial charge on any atom is -0.465 e. The second kappa shape index (κ2) is 2.21. The highest BCUT2D eigenvalue weighted by molar-refractivity contribution is 5.85. The molecule has 0 aromatic carbocycles. The predicted octanol–water partition coefficient (Wildman–Crippen LogP) is 0.301. The molecule has 0 aromatic rings. The van der Waals surface area contributed by atoms with Gasteiger partial charge in [0, 0.05) is 0 Å². The minimum atomic E-state index is -0.240. The van der Waals surface area contributed by atoms with Crippen molar-refractivity contribution in [2.75, 3.05) is 13.2 Å². The summed E-state index contributed by atoms with van der Waals surface area (Å²) in [6, 6.07) is 0. The van der Waals surface area contributed by atoms with Crippen LogP contribution in [0.15, 0.2) is 0 Å². The zero-order valence-corrected chi connectivity index (χ0v) is 6.72. The molecule has 2 atom stereocenters. The molecule has 1 N–H and O–H groups in total. The molecule has 1 aliphatic heterocycles. The third-order valence-corrected chi connectivity index (χ3v) is 2.68. The molecule has 1 heterocycles. The molecule has 2 aliphatic rings. The average Bonchev–Trinajstić information content (AvgIpc) is 2.57. The van der Waals surface area contributed by atoms with Crippen LogP contribution in [0.4, 0.5) is 0 Å². The van der Waals surface area contributed by atoms with Gasteiger partial charge in [-0.25, -0.2) is 0 Å². The summed E-state index contributed by atoms with van der Waals surface area (Å²) in [5.74, 6) is 0.532. The number of hydrogen-bond acceptors (Lipinski definition) is 3. The first kappa shape index (κ1) is 7.10. The molecule has 0 amide bonds. The largest absolute Gasteiger partial charge is 0.465 e. The number of ether oxygens (including phenoxy) is 1. The number of fused-ring (bicyclic) bond motifs is 1. The highest BCUT2D eigenvalue weighted by Gasteiger charge is 2.63. The summed E-state index contributed by atoms with van der Waals surface area (Å²) >= 11 is 0. The molecule has 3 heteroatoms. The number of hydrogen-bond donors (Lipinski definition) is 1. The van der Waals surface area contributed by atoms with Crippen molar-refractivity contribution in [1.29, 1.82) is 0 Å². The number of piperidine rings is 1. The Balaban J connectivity index is 1.99. The van der Waals surface area contributed by atoms with E-state index in [0.717, 1.165) is 19.4 Å². The Bertz CT molecular complexity index is 193. The maximum atomic E-state index is 11.3. The van der Waals surface area contributed by atoms with Crippen LogP contribution < -0.4 is 5.32 Å². The van der Waals surface area contributed by atoms with Crippen LogP contribution in [0.5, 0.6) is 0 Å². The Morgan fingerprint density at radius 1 is 1.82 bits per heavy atom. The van der Waals surface area contributed by atoms with Crippen molar-refractivity contribution in [3.63, 3.8) is 0 Å². The van der Waals surface area contributed by atoms with Crippen LogP contribution in [0.25, 0.3) is 0 Å². The van der Waals surface area contributed by atoms with Gasteiger partial charge in [0.25, 0.3) is 0 Å². The maximum absolute atomic E-state index is 11.3. The topological polar surface area (TPSA) is 38.3 Å². The Morgan fingerprint density at radius 2 is 2.64 bits per heavy atom. The Labute approximate surface area is 66.1 Å². The summed E-state index contributed by atoms with van der Waals surface area (Å²) in [5, 5.41) is 3.22. The van der Waals surface area contributed by atoms with Gasteiger partial charge in [-0.1, -0.05) is 0 Å². The smallest absolute Gasteiger partial charge is 0.326 e. The maximum Gasteiger partial charge on any atom is 0.326 e. The molecule has 0 radical (unpaired) electrons. The normalized spacial score (nSPS) is 39.9. The zero-order valence-electron chi connectivity index (χ0n) is 6.72. The van der Waals surface area contributed by atoms with E-state index in [0.29, 0.717) is 12.5 Å². The van der Waals surface area contributed by atoms with Gasteiger partial charge < -0.3 is 10.1 Å². The van der Waals surface area contributed by atoms with E-state index in [-0.39, 0.29) is 11.5 Å². The van der Waals surface area contributed by atoms with Gasteiger partial charge in [-0.3, -0.25) is 4.79 Å². The molecule has 1 saturated carbocycles. The average molecular weight is 155 g/mol. The summed E-state index contributed by atoms with van der Waals surface area (Å²) in [6.45, 7) is 3.32. The lowest BCUT2D eigenvalue weighted by Gasteiger charge is -2.10. The van der Waals surface area contributed by atoms with Gasteiger partial charge in [0.15, 0.2) is 0 Å². The van der Waals surface area contributed by atoms with Crippen LogP contribution in [0.1, 0.15) is 19.8 Å². The van der Waals surface area contributed by atoms with Crippen LogP contribution in [0.2, 0.25) is 0 Å². The summed E-state index contributed by atoms with van der Waals surface area (Å²) < 4.78 is 4.97. The van der Waals surface area contributed by atoms with E-state index in [4.69, 9.17) is 4.74 Å². The van der Waals surface area contributed by atoms with E-state index >= 15 is 0 Å². The first-order valence-electron chi connectivity index (χ1n) is 4.22. The van der Waals surface area contributed by atoms with Crippen molar-refractivity contribution in [3.05, 3.63) is 0 Å². The van der Waals surface area contributed by atoms with E-state index in [9.17, 15) is 4.79 Å². The van der Waals surface area contributed by atoms with Gasteiger partial charge >= 0.3 is 5.97 Å². The third-order valence-electron chi connectivity index (χ3n) is 2.68. The standard InChI is InChI=1S/C8H13NO2/c1-2-11-7(10)8-5-6(8)3-4-9-8/h6,9H,2-5H2,1H3/t6?,8-/m1/s1. The summed E-state index contributed by atoms with van der Waals surface area (Å²) in [5.41, 5.74) is -0.240. The van der Waals surface area contributed by atoms with Crippen molar-refractivity contribution in [1.82, 2.24) is 5.32 Å². The van der Waals surface area contributed by atoms with E-state index in [2.05, 4.69) is 5.32 Å². The lowest BCUT2D eigenvalue weighted by Crippen LogP contribution is -2.38. The molecule has 62 valence electrons. The molecule has 3 nitrogen and oxygen atoms in total. The fourth-order valence-electron chi connectivity index (χ4n) is 1.95. The van der Waals surface area contributed by atoms with Crippen LogP contribution in [0, 0.1) is 5.92 Å². The minimum absolute atomic E-state index is 0.0394. The number of esters is 1. The fraction of sp³-hybridized carbons (Fsp3) is 0.875. The van der Waals surface area contributed by atoms with Crippen molar-refractivity contribution in [3.8, 4) is 0 Å². The van der Waals surface area contributed by atoms with Crippen molar-refractivity contribution < 1.29 is 9.53 Å². The van der Waals surface area contributed by atoms with E-state index in [1.54, 1.807) is 0 Å². The van der Waals surface area contributed by atoms with Crippen molar-refractivity contribution in [2.45, 2.75) is 25.3 Å². The van der Waals surface area contributed by atoms with Crippen LogP contribution in [0.3, 0.4) is 0 Å². The molecule has 1 unspecified atom stereocenters. The predicted molar refractivity (Wildman–Crippen MR) is 40.1 cm³/mol. The van der Waals surface area contributed by atoms with Crippen molar-refractivity contribution >= 4 is 5.97 Å². The molecule has 11 heavy (non-hydrogen) atoms. The van der Waals surface area contributed by atoms with Gasteiger partial charge in [-0.15, -0.1) is 0 Å². The van der Waals surface area contributed by atoms with Crippen molar-refractivity contribution in [2.24, 2.45) is 5.92 Å². The molecule has 0 aromatic heterocycles. The lowest BCUT2D eigenvalue weighted by atomic mass is 10.2. The highest BCUT2D eigenvalue weighted by Crippen LogP contribution is 2.50. The molecule has 1 aliphatic carbocycles. The quantitative estimate of drug-likeness (QED) is 0.583. The molecule has 2 rings (SSSR count). The second-order valence-corrected chi connectivity index (χ2v) is 3.31. The number of rotatable bonds is 2. The van der Waals surface area contributed by atoms with E-state index in [1.165, 1.54) is 0 Å². The van der Waals surface area contributed by atoms with Crippen LogP contribution >= 0.6 is 0 Å². The summed E-state index contributed by atoms with van der Waals surface area (Å²) in [7, 11) is 0. The van der Waals surface area contributed by atoms with Gasteiger partial charge in [0.1, 0.15) is 5.54 Å². The monoisotopic (exact) mass is 155 g/mol. The number of carbonyl (C=O) groups excluding carboxylic acids is 1. The van der Waals surface area contributed by atoms with E-state index in [1.807, 2.05) is 6.92 Å². The molecular weight excluding hydrogens is 142 g/mol. The highest BCUT2D eigenvalue weighted by atomic mass is 16.5. The first-order chi connectivity index (χ1) is 5.29. The van der Waals surface area contributed by atoms with Gasteiger partial charge in [0.2, 0.25) is 0 Å². The summed E-state index contributed by atoms with van der Waals surface area (Å²) in [4.78, 5) is 11.3. The SMILES string of the molecule is CCOC(=O)[C@@]12CC1CCN2. The Morgan fingerprint density at radius 3 is 3.09 bits per heavy atom. The summed E-state index contributed by atoms with van der Waals surface area (Å²) in [6.07, 6.45) is 2.13. The zero-order chi connectivity index (χ0) is 7.90. The molecule has 0 spiro atoms. The molecule has 1 saturated heterocycles. The molecule has 0 bridgehead atoms. The van der Waals surface area contributed by atoms with Gasteiger partial charge in [0.05, 0.1) is 6.61 Å². The molecule has 2 fully saturated rings. The lowest BCUT2D eigenvalue weighted by molar-refractivity contribution is -0.146.